The molecule has 2 amide bonds. The molecular weight excluding hydrogens is 96.0 g/mol. The van der Waals surface area contributed by atoms with Crippen LogP contribution in [0, 0.1) is 10.8 Å². The first-order chi connectivity index (χ1) is 3.15. The molecule has 0 aromatic heterocycles. The van der Waals surface area contributed by atoms with E-state index in [1.807, 2.05) is 0 Å². The lowest BCUT2D eigenvalue weighted by Gasteiger charge is -1.62. The van der Waals surface area contributed by atoms with Gasteiger partial charge in [-0.3, -0.25) is 0 Å². The largest absolute Gasteiger partial charge is 0.352 e. The molecule has 0 rings (SSSR count). The van der Waals surface area contributed by atoms with Crippen molar-refractivity contribution >= 4 is 12.0 Å². The number of primary amides is 2. The number of hydrogen-bond donors (Lipinski definition) is 4. The Hall–Kier alpha value is -1.35. The van der Waals surface area contributed by atoms with Crippen LogP contribution in [0.5, 0.6) is 0 Å². The van der Waals surface area contributed by atoms with E-state index >= 15 is 0 Å². The molecule has 0 bridgehead atoms. The van der Waals surface area contributed by atoms with Crippen molar-refractivity contribution in [2.75, 3.05) is 0 Å². The zero-order valence-electron chi connectivity index (χ0n) is 3.56. The molecule has 0 aromatic carbocycles. The summed E-state index contributed by atoms with van der Waals surface area (Å²) in [6, 6.07) is 0.417. The van der Waals surface area contributed by atoms with E-state index in [1.165, 1.54) is 6.01 Å². The SMILES string of the molecule is N=C=N.NC(N)=O. The van der Waals surface area contributed by atoms with Crippen molar-refractivity contribution in [3.63, 3.8) is 0 Å². The summed E-state index contributed by atoms with van der Waals surface area (Å²) in [5.41, 5.74) is 8.50. The Kier molecular flexibility index (Phi) is 11.6. The fourth-order valence-electron chi connectivity index (χ4n) is 0. The monoisotopic (exact) mass is 102 g/mol. The first kappa shape index (κ1) is 9.17. The smallest absolute Gasteiger partial charge is 0.309 e. The average Bonchev–Trinajstić information content (AvgIpc) is 1.33. The maximum atomic E-state index is 9.00. The third-order valence-electron chi connectivity index (χ3n) is 0. The second kappa shape index (κ2) is 8.82. The molecule has 0 spiro atoms. The third-order valence-corrected chi connectivity index (χ3v) is 0. The summed E-state index contributed by atoms with van der Waals surface area (Å²) < 4.78 is 0. The predicted octanol–water partition coefficient (Wildman–Crippen LogP) is -0.658. The Morgan fingerprint density at radius 1 is 1.43 bits per heavy atom. The van der Waals surface area contributed by atoms with Gasteiger partial charge in [-0.1, -0.05) is 0 Å². The van der Waals surface area contributed by atoms with Crippen molar-refractivity contribution in [3.05, 3.63) is 0 Å². The van der Waals surface area contributed by atoms with Gasteiger partial charge in [-0.05, 0) is 0 Å². The fraction of sp³-hybridized carbons (Fsp3) is 0. The number of carbonyl (C=O) groups is 1. The summed E-state index contributed by atoms with van der Waals surface area (Å²) >= 11 is 0. The van der Waals surface area contributed by atoms with E-state index in [2.05, 4.69) is 11.5 Å². The highest BCUT2D eigenvalue weighted by Crippen LogP contribution is 1.25. The minimum Gasteiger partial charge on any atom is -0.352 e. The van der Waals surface area contributed by atoms with Crippen molar-refractivity contribution in [2.45, 2.75) is 0 Å². The number of nitrogens with one attached hydrogen (secondary N) is 2. The lowest BCUT2D eigenvalue weighted by molar-refractivity contribution is 0.256. The number of hydrogen-bond acceptors (Lipinski definition) is 3. The van der Waals surface area contributed by atoms with E-state index in [0.29, 0.717) is 0 Å². The Morgan fingerprint density at radius 2 is 1.43 bits per heavy atom. The number of nitrogens with two attached hydrogens (primary N) is 2. The van der Waals surface area contributed by atoms with Crippen molar-refractivity contribution in [3.8, 4) is 0 Å². The molecule has 0 aliphatic heterocycles. The van der Waals surface area contributed by atoms with Gasteiger partial charge in [0.1, 0.15) is 0 Å². The van der Waals surface area contributed by atoms with Crippen LogP contribution in [0.15, 0.2) is 0 Å². The minimum absolute atomic E-state index is 0.833. The molecule has 0 unspecified atom stereocenters. The van der Waals surface area contributed by atoms with Gasteiger partial charge in [-0.15, -0.1) is 0 Å². The second-order valence-corrected chi connectivity index (χ2v) is 0.527. The molecule has 0 saturated heterocycles. The highest BCUT2D eigenvalue weighted by atomic mass is 16.2. The second-order valence-electron chi connectivity index (χ2n) is 0.527. The van der Waals surface area contributed by atoms with Crippen LogP contribution in [0.2, 0.25) is 0 Å². The normalized spacial score (nSPS) is 4.57. The van der Waals surface area contributed by atoms with Gasteiger partial charge < -0.3 is 11.5 Å². The molecular formula is C2H6N4O. The molecule has 5 heteroatoms. The number of rotatable bonds is 0. The fourth-order valence-corrected chi connectivity index (χ4v) is 0. The van der Waals surface area contributed by atoms with Gasteiger partial charge in [0.15, 0.2) is 0 Å². The van der Waals surface area contributed by atoms with Gasteiger partial charge in [-0.25, -0.2) is 15.6 Å². The van der Waals surface area contributed by atoms with Crippen LogP contribution in [-0.4, -0.2) is 12.0 Å². The van der Waals surface area contributed by atoms with Crippen LogP contribution in [0.3, 0.4) is 0 Å². The zero-order valence-corrected chi connectivity index (χ0v) is 3.56. The van der Waals surface area contributed by atoms with E-state index in [4.69, 9.17) is 15.6 Å². The molecule has 0 fully saturated rings. The van der Waals surface area contributed by atoms with Crippen LogP contribution in [0.25, 0.3) is 0 Å². The van der Waals surface area contributed by atoms with Crippen LogP contribution in [-0.2, 0) is 0 Å². The van der Waals surface area contributed by atoms with Crippen molar-refractivity contribution in [1.82, 2.24) is 0 Å². The van der Waals surface area contributed by atoms with Crippen LogP contribution in [0.4, 0.5) is 4.79 Å². The molecule has 0 radical (unpaired) electrons. The van der Waals surface area contributed by atoms with E-state index in [0.717, 1.165) is 0 Å². The summed E-state index contributed by atoms with van der Waals surface area (Å²) in [7, 11) is 0. The average molecular weight is 102 g/mol. The summed E-state index contributed by atoms with van der Waals surface area (Å²) in [6.07, 6.45) is 0. The zero-order chi connectivity index (χ0) is 6.28. The maximum Gasteiger partial charge on any atom is 0.309 e. The van der Waals surface area contributed by atoms with Crippen LogP contribution >= 0.6 is 0 Å². The molecule has 0 atom stereocenters. The molecule has 0 aliphatic rings. The highest BCUT2D eigenvalue weighted by Gasteiger charge is 1.60. The standard InChI is InChI=1S/CH4N2O.CH2N2/c2-1(3)4;2-1-3/h(H4,2,3,4);2-3H. The molecule has 5 nitrogen and oxygen atoms in total. The predicted molar refractivity (Wildman–Crippen MR) is 24.2 cm³/mol. The highest BCUT2D eigenvalue weighted by molar-refractivity contribution is 5.69. The van der Waals surface area contributed by atoms with Gasteiger partial charge in [0.05, 0.1) is 6.01 Å². The molecule has 0 saturated carbocycles. The Bertz CT molecular complexity index is 77.7. The Labute approximate surface area is 40.3 Å². The van der Waals surface area contributed by atoms with Gasteiger partial charge in [0.25, 0.3) is 0 Å². The number of amides is 2. The van der Waals surface area contributed by atoms with Crippen molar-refractivity contribution in [2.24, 2.45) is 11.5 Å². The number of carbonyl (C=O) groups excluding carboxylic acids is 1. The van der Waals surface area contributed by atoms with Gasteiger partial charge in [-0.2, -0.15) is 0 Å². The van der Waals surface area contributed by atoms with Gasteiger partial charge in [0, 0.05) is 0 Å². The Morgan fingerprint density at radius 3 is 1.43 bits per heavy atom. The van der Waals surface area contributed by atoms with Gasteiger partial charge >= 0.3 is 6.03 Å². The summed E-state index contributed by atoms with van der Waals surface area (Å²) in [5.74, 6) is 0. The van der Waals surface area contributed by atoms with Gasteiger partial charge in [0.2, 0.25) is 0 Å². The van der Waals surface area contributed by atoms with Crippen molar-refractivity contribution in [1.29, 1.82) is 10.8 Å². The lowest BCUT2D eigenvalue weighted by atomic mass is 11.2. The first-order valence-corrected chi connectivity index (χ1v) is 1.28. The summed E-state index contributed by atoms with van der Waals surface area (Å²) in [4.78, 5) is 9.00. The maximum absolute atomic E-state index is 9.00. The molecule has 6 N–H and O–H groups in total. The van der Waals surface area contributed by atoms with E-state index in [-0.39, 0.29) is 0 Å². The Balaban J connectivity index is 0. The van der Waals surface area contributed by atoms with Crippen molar-refractivity contribution < 1.29 is 4.79 Å². The van der Waals surface area contributed by atoms with Crippen LogP contribution in [0.1, 0.15) is 0 Å². The van der Waals surface area contributed by atoms with Crippen LogP contribution < -0.4 is 11.5 Å². The van der Waals surface area contributed by atoms with E-state index in [1.54, 1.807) is 0 Å². The minimum atomic E-state index is -0.833. The van der Waals surface area contributed by atoms with E-state index < -0.39 is 6.03 Å². The molecule has 7 heavy (non-hydrogen) atoms. The topological polar surface area (TPSA) is 117 Å². The van der Waals surface area contributed by atoms with E-state index in [9.17, 15) is 0 Å². The lowest BCUT2D eigenvalue weighted by Crippen LogP contribution is -2.18. The molecule has 0 heterocycles. The summed E-state index contributed by atoms with van der Waals surface area (Å²) in [6.45, 7) is 0. The third kappa shape index (κ3) is 17.9. The molecule has 0 aromatic rings. The quantitative estimate of drug-likeness (QED) is 0.298. The number of urea groups is 1. The molecule has 40 valence electrons. The summed E-state index contributed by atoms with van der Waals surface area (Å²) in [5, 5.41) is 11.2. The first-order valence-electron chi connectivity index (χ1n) is 1.28. The molecule has 0 aliphatic carbocycles.